The summed E-state index contributed by atoms with van der Waals surface area (Å²) in [6, 6.07) is 19.2. The number of carbonyl (C=O) groups is 1. The Bertz CT molecular complexity index is 1130. The Kier molecular flexibility index (Phi) is 4.42. The predicted octanol–water partition coefficient (Wildman–Crippen LogP) is 5.69. The van der Waals surface area contributed by atoms with Crippen LogP contribution in [0.5, 0.6) is 0 Å². The largest absolute Gasteiger partial charge is 0.478 e. The molecule has 0 spiro atoms. The van der Waals surface area contributed by atoms with E-state index in [9.17, 15) is 9.18 Å². The van der Waals surface area contributed by atoms with Gasteiger partial charge in [0, 0.05) is 34.5 Å². The summed E-state index contributed by atoms with van der Waals surface area (Å²) < 4.78 is 16.2. The summed E-state index contributed by atoms with van der Waals surface area (Å²) in [7, 11) is 0. The maximum absolute atomic E-state index is 14.2. The summed E-state index contributed by atoms with van der Waals surface area (Å²) in [4.78, 5) is 11.1. The third-order valence-electron chi connectivity index (χ3n) is 4.62. The first kappa shape index (κ1) is 17.3. The quantitative estimate of drug-likeness (QED) is 0.495. The van der Waals surface area contributed by atoms with E-state index in [2.05, 4.69) is 0 Å². The number of aromatic nitrogens is 1. The normalized spacial score (nSPS) is 11.0. The van der Waals surface area contributed by atoms with Crippen LogP contribution in [0.2, 0.25) is 5.02 Å². The summed E-state index contributed by atoms with van der Waals surface area (Å²) in [6.07, 6.45) is 2.28. The van der Waals surface area contributed by atoms with Crippen LogP contribution >= 0.6 is 11.6 Å². The van der Waals surface area contributed by atoms with E-state index in [1.165, 1.54) is 6.07 Å². The van der Waals surface area contributed by atoms with Crippen LogP contribution in [-0.4, -0.2) is 15.5 Å². The molecule has 0 aliphatic carbocycles. The molecule has 0 radical (unpaired) electrons. The number of halogens is 2. The van der Waals surface area contributed by atoms with Gasteiger partial charge in [-0.1, -0.05) is 35.9 Å². The summed E-state index contributed by atoms with van der Waals surface area (Å²) in [6.45, 7) is 0. The van der Waals surface area contributed by atoms with Crippen LogP contribution in [0.3, 0.4) is 0 Å². The van der Waals surface area contributed by atoms with Gasteiger partial charge in [-0.05, 0) is 48.0 Å². The van der Waals surface area contributed by atoms with Crippen LogP contribution in [0, 0.1) is 5.82 Å². The Balaban J connectivity index is 1.83. The van der Waals surface area contributed by atoms with Gasteiger partial charge in [-0.15, -0.1) is 0 Å². The van der Waals surface area contributed by atoms with Crippen molar-refractivity contribution in [3.63, 3.8) is 0 Å². The highest BCUT2D eigenvalue weighted by Crippen LogP contribution is 2.31. The van der Waals surface area contributed by atoms with Crippen molar-refractivity contribution in [2.24, 2.45) is 0 Å². The highest BCUT2D eigenvalue weighted by atomic mass is 35.5. The highest BCUT2D eigenvalue weighted by molar-refractivity contribution is 6.31. The lowest BCUT2D eigenvalue weighted by Gasteiger charge is -2.06. The van der Waals surface area contributed by atoms with Gasteiger partial charge in [0.15, 0.2) is 0 Å². The zero-order valence-corrected chi connectivity index (χ0v) is 14.9. The van der Waals surface area contributed by atoms with Gasteiger partial charge in [0.1, 0.15) is 5.82 Å². The van der Waals surface area contributed by atoms with Gasteiger partial charge in [0.2, 0.25) is 0 Å². The first-order valence-corrected chi connectivity index (χ1v) is 8.78. The predicted molar refractivity (Wildman–Crippen MR) is 104 cm³/mol. The summed E-state index contributed by atoms with van der Waals surface area (Å²) in [5, 5.41) is 9.48. The molecule has 0 bridgehead atoms. The number of hydrogen-bond acceptors (Lipinski definition) is 1. The Labute approximate surface area is 160 Å². The van der Waals surface area contributed by atoms with Crippen molar-refractivity contribution in [3.05, 3.63) is 101 Å². The maximum Gasteiger partial charge on any atom is 0.335 e. The number of fused-ring (bicyclic) bond motifs is 1. The van der Waals surface area contributed by atoms with Gasteiger partial charge in [-0.25, -0.2) is 9.18 Å². The molecule has 27 heavy (non-hydrogen) atoms. The molecule has 2 aromatic heterocycles. The van der Waals surface area contributed by atoms with Gasteiger partial charge >= 0.3 is 5.97 Å². The molecule has 0 fully saturated rings. The fraction of sp³-hybridized carbons (Fsp3) is 0.0455. The number of pyridine rings is 1. The molecule has 134 valence electrons. The summed E-state index contributed by atoms with van der Waals surface area (Å²) in [5.74, 6) is -1.29. The fourth-order valence-corrected chi connectivity index (χ4v) is 3.50. The van der Waals surface area contributed by atoms with Crippen LogP contribution in [0.1, 0.15) is 21.6 Å². The van der Waals surface area contributed by atoms with Crippen LogP contribution in [0.4, 0.5) is 4.39 Å². The lowest BCUT2D eigenvalue weighted by atomic mass is 10.0. The molecule has 1 N–H and O–H groups in total. The lowest BCUT2D eigenvalue weighted by Crippen LogP contribution is -1.97. The van der Waals surface area contributed by atoms with E-state index in [0.29, 0.717) is 17.0 Å². The van der Waals surface area contributed by atoms with E-state index < -0.39 is 5.97 Å². The Morgan fingerprint density at radius 1 is 1.04 bits per heavy atom. The van der Waals surface area contributed by atoms with Crippen molar-refractivity contribution in [2.45, 2.75) is 6.42 Å². The van der Waals surface area contributed by atoms with E-state index in [4.69, 9.17) is 16.7 Å². The van der Waals surface area contributed by atoms with Crippen molar-refractivity contribution in [2.75, 3.05) is 0 Å². The van der Waals surface area contributed by atoms with Gasteiger partial charge in [-0.2, -0.15) is 0 Å². The molecule has 2 heterocycles. The molecule has 5 heteroatoms. The maximum atomic E-state index is 14.2. The minimum absolute atomic E-state index is 0.237. The number of carboxylic acid groups (broad SMARTS) is 1. The van der Waals surface area contributed by atoms with Crippen molar-refractivity contribution in [1.82, 2.24) is 4.40 Å². The monoisotopic (exact) mass is 379 g/mol. The molecule has 0 saturated heterocycles. The molecule has 0 aliphatic rings. The minimum atomic E-state index is -0.960. The minimum Gasteiger partial charge on any atom is -0.478 e. The number of rotatable bonds is 4. The summed E-state index contributed by atoms with van der Waals surface area (Å²) in [5.41, 5.74) is 4.40. The van der Waals surface area contributed by atoms with Gasteiger partial charge < -0.3 is 9.51 Å². The smallest absolute Gasteiger partial charge is 0.335 e. The number of nitrogens with zero attached hydrogens (tertiary/aromatic N) is 1. The molecule has 0 unspecified atom stereocenters. The molecule has 4 aromatic rings. The second kappa shape index (κ2) is 6.89. The fourth-order valence-electron chi connectivity index (χ4n) is 3.27. The Hall–Kier alpha value is -3.11. The van der Waals surface area contributed by atoms with E-state index >= 15 is 0 Å². The topological polar surface area (TPSA) is 41.7 Å². The average molecular weight is 380 g/mol. The highest BCUT2D eigenvalue weighted by Gasteiger charge is 2.15. The van der Waals surface area contributed by atoms with Crippen LogP contribution in [0.15, 0.2) is 72.9 Å². The van der Waals surface area contributed by atoms with E-state index in [-0.39, 0.29) is 11.4 Å². The number of benzene rings is 2. The zero-order valence-electron chi connectivity index (χ0n) is 14.2. The van der Waals surface area contributed by atoms with Crippen LogP contribution in [0.25, 0.3) is 16.6 Å². The van der Waals surface area contributed by atoms with Crippen LogP contribution < -0.4 is 0 Å². The second-order valence-electron chi connectivity index (χ2n) is 6.26. The Morgan fingerprint density at radius 2 is 1.81 bits per heavy atom. The van der Waals surface area contributed by atoms with E-state index in [0.717, 1.165) is 22.3 Å². The van der Waals surface area contributed by atoms with Crippen molar-refractivity contribution >= 4 is 23.1 Å². The molecule has 3 nitrogen and oxygen atoms in total. The molecule has 0 amide bonds. The number of hydrogen-bond donors (Lipinski definition) is 1. The standard InChI is InChI=1S/C22H15ClFNO2/c23-19-4-3-5-20(24)18(19)13-16-12-17(21-6-1-2-11-25(16)21)14-7-9-15(10-8-14)22(26)27/h1-12H,13H2,(H,26,27). The molecule has 4 rings (SSSR count). The average Bonchev–Trinajstić information content (AvgIpc) is 3.04. The molecule has 0 saturated carbocycles. The lowest BCUT2D eigenvalue weighted by molar-refractivity contribution is 0.0697. The summed E-state index contributed by atoms with van der Waals surface area (Å²) >= 11 is 6.20. The van der Waals surface area contributed by atoms with Gasteiger partial charge in [-0.3, -0.25) is 0 Å². The van der Waals surface area contributed by atoms with Gasteiger partial charge in [0.25, 0.3) is 0 Å². The molecule has 2 aromatic carbocycles. The Morgan fingerprint density at radius 3 is 2.52 bits per heavy atom. The van der Waals surface area contributed by atoms with E-state index in [1.807, 2.05) is 34.9 Å². The molecular formula is C22H15ClFNO2. The van der Waals surface area contributed by atoms with Crippen molar-refractivity contribution in [3.8, 4) is 11.1 Å². The number of carboxylic acids is 1. The third kappa shape index (κ3) is 3.20. The zero-order chi connectivity index (χ0) is 19.0. The van der Waals surface area contributed by atoms with Crippen LogP contribution in [-0.2, 0) is 6.42 Å². The third-order valence-corrected chi connectivity index (χ3v) is 4.97. The SMILES string of the molecule is O=C(O)c1ccc(-c2cc(Cc3c(F)cccc3Cl)n3ccccc23)cc1. The first-order valence-electron chi connectivity index (χ1n) is 8.40. The van der Waals surface area contributed by atoms with Crippen molar-refractivity contribution < 1.29 is 14.3 Å². The van der Waals surface area contributed by atoms with Crippen molar-refractivity contribution in [1.29, 1.82) is 0 Å². The number of aromatic carboxylic acids is 1. The first-order chi connectivity index (χ1) is 13.0. The van der Waals surface area contributed by atoms with Gasteiger partial charge in [0.05, 0.1) is 11.1 Å². The van der Waals surface area contributed by atoms with E-state index in [1.54, 1.807) is 36.4 Å². The molecular weight excluding hydrogens is 365 g/mol. The molecule has 0 aliphatic heterocycles. The molecule has 0 atom stereocenters. The second-order valence-corrected chi connectivity index (χ2v) is 6.67.